The Hall–Kier alpha value is -3.48. The van der Waals surface area contributed by atoms with Crippen LogP contribution in [-0.4, -0.2) is 79.7 Å². The second kappa shape index (κ2) is 13.1. The first-order valence-corrected chi connectivity index (χ1v) is 21.2. The Morgan fingerprint density at radius 2 is 1.58 bits per heavy atom. The van der Waals surface area contributed by atoms with Crippen molar-refractivity contribution in [2.24, 2.45) is 28.6 Å². The molecular weight excluding hydrogens is 685 g/mol. The van der Waals surface area contributed by atoms with Crippen LogP contribution in [0.15, 0.2) is 41.5 Å². The Morgan fingerprint density at radius 3 is 2.12 bits per heavy atom. The van der Waals surface area contributed by atoms with Gasteiger partial charge in [-0.15, -0.1) is 0 Å². The number of hydrogen-bond donors (Lipinski definition) is 0. The quantitative estimate of drug-likeness (QED) is 0.125. The minimum Gasteiger partial charge on any atom is -0.457 e. The average Bonchev–Trinajstić information content (AvgIpc) is 3.47. The van der Waals surface area contributed by atoms with E-state index in [9.17, 15) is 24.0 Å². The molecule has 9 atom stereocenters. The molecule has 6 rings (SSSR count). The Balaban J connectivity index is 1.75. The molecule has 0 unspecified atom stereocenters. The fraction of sp³-hybridized carbons (Fsp3) is 0.650. The molecule has 2 aliphatic heterocycles. The van der Waals surface area contributed by atoms with Crippen molar-refractivity contribution >= 4 is 43.6 Å². The van der Waals surface area contributed by atoms with Gasteiger partial charge in [0.1, 0.15) is 11.7 Å². The lowest BCUT2D eigenvalue weighted by Crippen LogP contribution is -2.81. The molecule has 52 heavy (non-hydrogen) atoms. The second-order valence-corrected chi connectivity index (χ2v) is 20.9. The van der Waals surface area contributed by atoms with E-state index in [1.165, 1.54) is 13.8 Å². The number of fused-ring (bicyclic) bond motifs is 4. The molecule has 1 spiro atoms. The number of Topliss-reactive ketones (excluding diaryl/α,β-unsaturated/α-hetero) is 3. The minimum absolute atomic E-state index is 0.0888. The van der Waals surface area contributed by atoms with E-state index >= 15 is 4.79 Å². The van der Waals surface area contributed by atoms with E-state index in [1.54, 1.807) is 58.0 Å². The SMILES string of the molecule is CC[Si](CC)(CC)O[C@H]1C[C@H]2OC[C@@]2(OC(C)=O)[C@H]2[C@H](CC(=O)c3ccccc3)[C@]34OC(=O)C[C@H]3C(=O)C(C)=C([C@@H](OC(C)=O)C(=O)[C@]12C)C4(C)C. The van der Waals surface area contributed by atoms with Crippen LogP contribution < -0.4 is 0 Å². The zero-order valence-electron chi connectivity index (χ0n) is 31.8. The van der Waals surface area contributed by atoms with Gasteiger partial charge in [-0.2, -0.15) is 0 Å². The maximum Gasteiger partial charge on any atom is 0.307 e. The molecular formula is C40H52O11Si. The Morgan fingerprint density at radius 1 is 0.942 bits per heavy atom. The molecule has 282 valence electrons. The van der Waals surface area contributed by atoms with Crippen molar-refractivity contribution < 1.29 is 52.1 Å². The number of benzene rings is 1. The number of carbonyl (C=O) groups is 6. The number of rotatable bonds is 10. The first-order valence-electron chi connectivity index (χ1n) is 18.7. The minimum atomic E-state index is -2.49. The molecule has 0 aromatic heterocycles. The Bertz CT molecular complexity index is 1720. The van der Waals surface area contributed by atoms with Gasteiger partial charge in [-0.1, -0.05) is 65.0 Å². The van der Waals surface area contributed by atoms with Crippen LogP contribution in [0.1, 0.15) is 91.9 Å². The molecule has 0 radical (unpaired) electrons. The summed E-state index contributed by atoms with van der Waals surface area (Å²) in [6.45, 7) is 15.6. The van der Waals surface area contributed by atoms with Crippen molar-refractivity contribution in [3.8, 4) is 0 Å². The number of carbonyl (C=O) groups excluding carboxylic acids is 6. The van der Waals surface area contributed by atoms with E-state index in [4.69, 9.17) is 23.4 Å². The highest BCUT2D eigenvalue weighted by Gasteiger charge is 2.81. The highest BCUT2D eigenvalue weighted by molar-refractivity contribution is 6.73. The van der Waals surface area contributed by atoms with Crippen LogP contribution in [0.3, 0.4) is 0 Å². The normalized spacial score (nSPS) is 36.3. The van der Waals surface area contributed by atoms with E-state index in [1.807, 2.05) is 0 Å². The van der Waals surface area contributed by atoms with E-state index in [-0.39, 0.29) is 42.8 Å². The molecule has 0 N–H and O–H groups in total. The van der Waals surface area contributed by atoms with Crippen LogP contribution in [0.5, 0.6) is 0 Å². The fourth-order valence-electron chi connectivity index (χ4n) is 11.1. The third-order valence-corrected chi connectivity index (χ3v) is 18.3. The van der Waals surface area contributed by atoms with Crippen molar-refractivity contribution in [2.45, 2.75) is 129 Å². The van der Waals surface area contributed by atoms with Gasteiger partial charge in [-0.3, -0.25) is 28.8 Å². The predicted octanol–water partition coefficient (Wildman–Crippen LogP) is 5.73. The van der Waals surface area contributed by atoms with Gasteiger partial charge >= 0.3 is 17.9 Å². The molecule has 12 heteroatoms. The van der Waals surface area contributed by atoms with Gasteiger partial charge in [0.2, 0.25) is 0 Å². The number of hydrogen-bond acceptors (Lipinski definition) is 11. The highest BCUT2D eigenvalue weighted by atomic mass is 28.4. The highest BCUT2D eigenvalue weighted by Crippen LogP contribution is 2.70. The Kier molecular flexibility index (Phi) is 9.65. The summed E-state index contributed by atoms with van der Waals surface area (Å²) in [6, 6.07) is 11.0. The van der Waals surface area contributed by atoms with Gasteiger partial charge < -0.3 is 23.4 Å². The molecule has 2 saturated carbocycles. The van der Waals surface area contributed by atoms with Crippen LogP contribution in [0.4, 0.5) is 0 Å². The summed E-state index contributed by atoms with van der Waals surface area (Å²) in [5.74, 6) is -6.32. The number of allylic oxidation sites excluding steroid dienone is 1. The third kappa shape index (κ3) is 5.25. The summed E-state index contributed by atoms with van der Waals surface area (Å²) in [7, 11) is -2.49. The van der Waals surface area contributed by atoms with Crippen molar-refractivity contribution in [1.82, 2.24) is 0 Å². The molecule has 1 aromatic rings. The smallest absolute Gasteiger partial charge is 0.307 e. The predicted molar refractivity (Wildman–Crippen MR) is 190 cm³/mol. The van der Waals surface area contributed by atoms with Crippen LogP contribution in [0, 0.1) is 28.6 Å². The summed E-state index contributed by atoms with van der Waals surface area (Å²) in [5, 5.41) is 0. The van der Waals surface area contributed by atoms with Gasteiger partial charge in [0.15, 0.2) is 37.4 Å². The molecule has 4 fully saturated rings. The first-order chi connectivity index (χ1) is 24.4. The summed E-state index contributed by atoms with van der Waals surface area (Å²) >= 11 is 0. The first kappa shape index (κ1) is 38.2. The van der Waals surface area contributed by atoms with Gasteiger partial charge in [0, 0.05) is 49.5 Å². The molecule has 0 amide bonds. The fourth-order valence-corrected chi connectivity index (χ4v) is 14.0. The van der Waals surface area contributed by atoms with Crippen LogP contribution in [0.25, 0.3) is 0 Å². The van der Waals surface area contributed by atoms with Crippen molar-refractivity contribution in [2.75, 3.05) is 6.61 Å². The van der Waals surface area contributed by atoms with E-state index in [0.29, 0.717) is 5.56 Å². The number of ketones is 3. The molecule has 2 bridgehead atoms. The number of ether oxygens (including phenoxy) is 4. The van der Waals surface area contributed by atoms with Crippen LogP contribution >= 0.6 is 0 Å². The summed E-state index contributed by atoms with van der Waals surface area (Å²) in [5.41, 5.74) is -5.21. The zero-order valence-corrected chi connectivity index (χ0v) is 32.8. The zero-order chi connectivity index (χ0) is 38.2. The van der Waals surface area contributed by atoms with Crippen LogP contribution in [-0.2, 0) is 47.3 Å². The second-order valence-electron chi connectivity index (χ2n) is 16.2. The molecule has 5 aliphatic rings. The van der Waals surface area contributed by atoms with Crippen molar-refractivity contribution in [1.29, 1.82) is 0 Å². The third-order valence-electron chi connectivity index (χ3n) is 13.7. The summed E-state index contributed by atoms with van der Waals surface area (Å²) < 4.78 is 32.5. The van der Waals surface area contributed by atoms with Gasteiger partial charge in [0.25, 0.3) is 0 Å². The molecule has 2 saturated heterocycles. The largest absolute Gasteiger partial charge is 0.457 e. The summed E-state index contributed by atoms with van der Waals surface area (Å²) in [6.07, 6.45) is -3.38. The molecule has 1 aromatic carbocycles. The monoisotopic (exact) mass is 736 g/mol. The number of esters is 3. The lowest BCUT2D eigenvalue weighted by Gasteiger charge is -2.69. The summed E-state index contributed by atoms with van der Waals surface area (Å²) in [4.78, 5) is 85.0. The van der Waals surface area contributed by atoms with E-state index in [2.05, 4.69) is 20.8 Å². The Labute approximate surface area is 306 Å². The van der Waals surface area contributed by atoms with Crippen LogP contribution in [0.2, 0.25) is 18.1 Å². The molecule has 2 heterocycles. The molecule has 3 aliphatic carbocycles. The van der Waals surface area contributed by atoms with E-state index in [0.717, 1.165) is 18.1 Å². The lowest BCUT2D eigenvalue weighted by molar-refractivity contribution is -0.337. The standard InChI is InChI=1S/C40H52O11Si/c1-10-52(11-2,12-3)51-29-20-30-39(21-47-30,49-24(6)42)35-27(18-28(43)25-16-14-13-15-17-25)40-26(19-31(44)50-40)33(45)22(4)32(37(40,7)8)34(48-23(5)41)36(46)38(29,35)9/h13-17,26-27,29-30,34-35H,10-12,18-21H2,1-9H3/t26-,27-,29-,30+,34+,35-,38+,39-,40+/m0/s1. The average molecular weight is 737 g/mol. The lowest BCUT2D eigenvalue weighted by atomic mass is 9.40. The van der Waals surface area contributed by atoms with E-state index < -0.39 is 95.9 Å². The van der Waals surface area contributed by atoms with Crippen molar-refractivity contribution in [3.63, 3.8) is 0 Å². The van der Waals surface area contributed by atoms with Crippen molar-refractivity contribution in [3.05, 3.63) is 47.0 Å². The molecule has 11 nitrogen and oxygen atoms in total. The van der Waals surface area contributed by atoms with Gasteiger partial charge in [0.05, 0.1) is 30.5 Å². The maximum atomic E-state index is 15.9. The topological polar surface area (TPSA) is 149 Å². The van der Waals surface area contributed by atoms with Gasteiger partial charge in [-0.25, -0.2) is 0 Å². The maximum absolute atomic E-state index is 15.9. The van der Waals surface area contributed by atoms with Gasteiger partial charge in [-0.05, 0) is 43.1 Å².